The Labute approximate surface area is 555 Å². The van der Waals surface area contributed by atoms with Gasteiger partial charge in [0.25, 0.3) is 0 Å². The third-order valence-corrected chi connectivity index (χ3v) is 15.4. The molecule has 10 aromatic rings. The third-order valence-electron chi connectivity index (χ3n) is 11.4. The number of halogens is 6. The molecule has 2 aromatic heterocycles. The number of alkyl halides is 1. The van der Waals surface area contributed by atoms with Crippen LogP contribution in [0.25, 0.3) is 16.0 Å². The summed E-state index contributed by atoms with van der Waals surface area (Å²) in [5.41, 5.74) is 17.8. The number of hydrogen-bond donors (Lipinski definition) is 4. The standard InChI is InChI=1S/C16H12N4.C10H7BrN4.C8H5Br2N.C8H8BrNO.C8H6BrN.C8H7BrO2.C6H7BO2/c1-17-16-8-7-13(10-20-12-18-11-19-20)9-15(16)14-5-3-2-4-6-14;11-10-3-8(1-2-9(10)4-12)5-15-7-13-6-14-15;9-4-6-1-2-7(5-11)8(10)3-6;1-5-2-3-6(8(10)11)7(9)4-5;1-6-2-3-7(5-10)8(9)4-6;1-5-2-3-6(8(10)11)7(9)4-5;8-7(9)6-4-2-1-3-5-6/h2-9,11-12H,10H2;1-3,6-7H,5H2;1-3H,4H2;2-4H,1H3,(H2,10,11);2-4H,1H3;2-4H,1H3,(H,10,11);1-5,8-9H. The van der Waals surface area contributed by atoms with E-state index >= 15 is 0 Å². The maximum Gasteiger partial charge on any atom is 0.488 e. The minimum Gasteiger partial charge on any atom is -0.478 e. The Kier molecular flexibility index (Phi) is 31.2. The lowest BCUT2D eigenvalue weighted by atomic mass is 9.81. The summed E-state index contributed by atoms with van der Waals surface area (Å²) in [6, 6.07) is 58.3. The van der Waals surface area contributed by atoms with Crippen LogP contribution in [0.4, 0.5) is 5.69 Å². The molecule has 0 bridgehead atoms. The highest BCUT2D eigenvalue weighted by Crippen LogP contribution is 2.32. The van der Waals surface area contributed by atoms with E-state index in [0.717, 1.165) is 67.7 Å². The lowest BCUT2D eigenvalue weighted by Crippen LogP contribution is -2.29. The molecule has 0 radical (unpaired) electrons. The molecular weight excluding hydrogens is 1490 g/mol. The smallest absolute Gasteiger partial charge is 0.478 e. The first kappa shape index (κ1) is 71.3. The number of primary amides is 1. The summed E-state index contributed by atoms with van der Waals surface area (Å²) in [6.07, 6.45) is 6.36. The van der Waals surface area contributed by atoms with Crippen molar-refractivity contribution in [2.75, 3.05) is 0 Å². The van der Waals surface area contributed by atoms with Crippen LogP contribution in [0.15, 0.2) is 218 Å². The summed E-state index contributed by atoms with van der Waals surface area (Å²) in [5, 5.41) is 60.6. The molecule has 0 atom stereocenters. The third kappa shape index (κ3) is 25.0. The molecule has 438 valence electrons. The van der Waals surface area contributed by atoms with Gasteiger partial charge in [-0.2, -0.15) is 26.0 Å². The fourth-order valence-corrected chi connectivity index (χ4v) is 10.4. The minimum atomic E-state index is -1.34. The average Bonchev–Trinajstić information content (AvgIpc) is 4.16. The van der Waals surface area contributed by atoms with Gasteiger partial charge in [0, 0.05) is 27.7 Å². The second kappa shape index (κ2) is 38.1. The summed E-state index contributed by atoms with van der Waals surface area (Å²) < 4.78 is 7.42. The van der Waals surface area contributed by atoms with Gasteiger partial charge in [-0.15, -0.1) is 0 Å². The Morgan fingerprint density at radius 2 is 0.977 bits per heavy atom. The molecule has 0 aliphatic rings. The molecule has 87 heavy (non-hydrogen) atoms. The highest BCUT2D eigenvalue weighted by Gasteiger charge is 2.10. The van der Waals surface area contributed by atoms with Crippen LogP contribution >= 0.6 is 95.6 Å². The summed E-state index contributed by atoms with van der Waals surface area (Å²) >= 11 is 19.7. The highest BCUT2D eigenvalue weighted by atomic mass is 79.9. The van der Waals surface area contributed by atoms with Crippen LogP contribution in [0.3, 0.4) is 0 Å². The summed E-state index contributed by atoms with van der Waals surface area (Å²) in [7, 11) is -1.34. The molecule has 23 heteroatoms. The number of carboxylic acid groups (broad SMARTS) is 1. The number of aromatic carboxylic acids is 1. The van der Waals surface area contributed by atoms with E-state index in [2.05, 4.69) is 139 Å². The molecule has 5 N–H and O–H groups in total. The van der Waals surface area contributed by atoms with Crippen molar-refractivity contribution in [3.63, 3.8) is 0 Å². The largest absolute Gasteiger partial charge is 0.488 e. The molecule has 0 saturated carbocycles. The number of nitriles is 3. The van der Waals surface area contributed by atoms with Crippen LogP contribution in [0.5, 0.6) is 0 Å². The zero-order valence-electron chi connectivity index (χ0n) is 46.6. The van der Waals surface area contributed by atoms with Gasteiger partial charge in [-0.05, 0) is 211 Å². The molecule has 16 nitrogen and oxygen atoms in total. The molecule has 0 fully saturated rings. The monoisotopic (exact) mass is 1540 g/mol. The molecule has 2 heterocycles. The maximum absolute atomic E-state index is 10.7. The maximum atomic E-state index is 10.7. The van der Waals surface area contributed by atoms with Crippen molar-refractivity contribution < 1.29 is 24.7 Å². The van der Waals surface area contributed by atoms with Crippen molar-refractivity contribution >= 4 is 126 Å². The number of aromatic nitrogens is 6. The number of benzene rings is 8. The number of nitrogens with zero attached hydrogens (tertiary/aromatic N) is 10. The molecule has 0 aliphatic carbocycles. The minimum absolute atomic E-state index is 0.301. The van der Waals surface area contributed by atoms with E-state index in [-0.39, 0.29) is 0 Å². The van der Waals surface area contributed by atoms with Gasteiger partial charge in [-0.1, -0.05) is 125 Å². The van der Waals surface area contributed by atoms with Crippen LogP contribution in [0, 0.1) is 61.3 Å². The summed E-state index contributed by atoms with van der Waals surface area (Å²) in [6.45, 7) is 14.5. The van der Waals surface area contributed by atoms with Crippen LogP contribution in [0.2, 0.25) is 0 Å². The number of nitrogens with two attached hydrogens (primary N) is 1. The Morgan fingerprint density at radius 3 is 1.37 bits per heavy atom. The normalized spacial score (nSPS) is 9.60. The number of carbonyl (C=O) groups excluding carboxylic acids is 1. The second-order valence-electron chi connectivity index (χ2n) is 18.0. The topological polar surface area (TPSA) is 258 Å². The number of hydrogen-bond acceptors (Lipinski definition) is 11. The van der Waals surface area contributed by atoms with Crippen molar-refractivity contribution in [1.29, 1.82) is 15.8 Å². The SMILES string of the molecule is Cc1ccc(C#N)c(Br)c1.Cc1ccc(C(=O)O)c(Br)c1.Cc1ccc(C(N)=O)c(Br)c1.N#Cc1ccc(CBr)cc1Br.N#Cc1ccc(Cn2cncn2)cc1Br.OB(O)c1ccccc1.[C-]#[N+]c1ccc(Cn2cncn2)cc1-c1ccccc1. The van der Waals surface area contributed by atoms with Crippen LogP contribution in [-0.4, -0.2) is 63.7 Å². The number of amides is 1. The van der Waals surface area contributed by atoms with E-state index in [1.165, 1.54) is 12.7 Å². The van der Waals surface area contributed by atoms with E-state index in [1.54, 1.807) is 88.7 Å². The van der Waals surface area contributed by atoms with E-state index in [9.17, 15) is 9.59 Å². The fraction of sp³-hybridized carbons (Fsp3) is 0.0938. The quantitative estimate of drug-likeness (QED) is 0.0598. The molecule has 0 unspecified atom stereocenters. The van der Waals surface area contributed by atoms with E-state index in [4.69, 9.17) is 43.2 Å². The summed E-state index contributed by atoms with van der Waals surface area (Å²) in [4.78, 5) is 32.6. The number of carbonyl (C=O) groups is 2. The first-order valence-corrected chi connectivity index (χ1v) is 30.6. The predicted molar refractivity (Wildman–Crippen MR) is 360 cm³/mol. The Hall–Kier alpha value is -8.20. The van der Waals surface area contributed by atoms with E-state index in [1.807, 2.05) is 124 Å². The average molecular weight is 1550 g/mol. The van der Waals surface area contributed by atoms with Gasteiger partial charge in [0.05, 0.1) is 47.5 Å². The van der Waals surface area contributed by atoms with Gasteiger partial charge in [-0.3, -0.25) is 4.79 Å². The molecule has 10 rings (SSSR count). The highest BCUT2D eigenvalue weighted by molar-refractivity contribution is 9.11. The van der Waals surface area contributed by atoms with Crippen molar-refractivity contribution in [3.05, 3.63) is 290 Å². The summed E-state index contributed by atoms with van der Waals surface area (Å²) in [5.74, 6) is -1.31. The zero-order chi connectivity index (χ0) is 63.8. The molecule has 1 amide bonds. The predicted octanol–water partition coefficient (Wildman–Crippen LogP) is 15.0. The molecular formula is C64H52BBr6N11O5. The van der Waals surface area contributed by atoms with Gasteiger partial charge in [0.15, 0.2) is 5.69 Å². The molecule has 0 saturated heterocycles. The van der Waals surface area contributed by atoms with Gasteiger partial charge < -0.3 is 20.9 Å². The first-order chi connectivity index (χ1) is 41.7. The van der Waals surface area contributed by atoms with Gasteiger partial charge >= 0.3 is 13.1 Å². The van der Waals surface area contributed by atoms with Gasteiger partial charge in [-0.25, -0.2) is 29.0 Å². The number of aryl methyl sites for hydroxylation is 3. The molecule has 0 spiro atoms. The lowest BCUT2D eigenvalue weighted by Gasteiger charge is -2.08. The van der Waals surface area contributed by atoms with E-state index in [0.29, 0.717) is 56.5 Å². The fourth-order valence-electron chi connectivity index (χ4n) is 7.06. The lowest BCUT2D eigenvalue weighted by molar-refractivity contribution is 0.0695. The number of carboxylic acids is 1. The Morgan fingerprint density at radius 1 is 0.563 bits per heavy atom. The van der Waals surface area contributed by atoms with Crippen molar-refractivity contribution in [1.82, 2.24) is 29.5 Å². The van der Waals surface area contributed by atoms with Crippen LogP contribution in [-0.2, 0) is 18.4 Å². The van der Waals surface area contributed by atoms with Gasteiger partial charge in [0.1, 0.15) is 43.5 Å². The Bertz CT molecular complexity index is 3960. The first-order valence-electron chi connectivity index (χ1n) is 25.5. The second-order valence-corrected chi connectivity index (χ2v) is 22.8. The van der Waals surface area contributed by atoms with Crippen LogP contribution in [0.1, 0.15) is 70.8 Å². The molecule has 8 aromatic carbocycles. The number of rotatable bonds is 9. The van der Waals surface area contributed by atoms with E-state index < -0.39 is 19.0 Å². The zero-order valence-corrected chi connectivity index (χ0v) is 56.2. The van der Waals surface area contributed by atoms with Gasteiger partial charge in [0.2, 0.25) is 5.91 Å². The van der Waals surface area contributed by atoms with Crippen LogP contribution < -0.4 is 11.2 Å². The molecule has 0 aliphatic heterocycles. The van der Waals surface area contributed by atoms with Crippen molar-refractivity contribution in [2.45, 2.75) is 39.2 Å². The van der Waals surface area contributed by atoms with Crippen molar-refractivity contribution in [2.24, 2.45) is 5.73 Å². The van der Waals surface area contributed by atoms with Crippen molar-refractivity contribution in [3.8, 4) is 29.3 Å². The Balaban J connectivity index is 0.000000221.